The Morgan fingerprint density at radius 3 is 1.80 bits per heavy atom. The number of hydrogen-bond donors (Lipinski definition) is 0. The summed E-state index contributed by atoms with van der Waals surface area (Å²) < 4.78 is 0. The molecular weight excluding hydrogens is 528 g/mol. The molecule has 0 aromatic heterocycles. The van der Waals surface area contributed by atoms with Gasteiger partial charge in [-0.3, -0.25) is 0 Å². The zero-order valence-electron chi connectivity index (χ0n) is 26.9. The molecule has 0 nitrogen and oxygen atoms in total. The molecule has 0 N–H and O–H groups in total. The van der Waals surface area contributed by atoms with Crippen LogP contribution in [0, 0.1) is 12.8 Å². The van der Waals surface area contributed by atoms with Gasteiger partial charge in [0.15, 0.2) is 0 Å². The highest BCUT2D eigenvalue weighted by Gasteiger charge is 2.17. The highest BCUT2D eigenvalue weighted by molar-refractivity contribution is 6.21. The van der Waals surface area contributed by atoms with Gasteiger partial charge in [0, 0.05) is 0 Å². The average Bonchev–Trinajstić information content (AvgIpc) is 3.05. The predicted octanol–water partition coefficient (Wildman–Crippen LogP) is 12.9. The highest BCUT2D eigenvalue weighted by Crippen LogP contribution is 2.44. The molecule has 0 spiro atoms. The molecule has 1 atom stereocenters. The van der Waals surface area contributed by atoms with E-state index in [9.17, 15) is 0 Å². The summed E-state index contributed by atoms with van der Waals surface area (Å²) in [6.45, 7) is 15.0. The molecule has 0 unspecified atom stereocenters. The standard InChI is InChI=1S/C44H44/c1-7-17-31(4)30-42(32(5)8-2)35-26-28-36(29-27-35)43-38-22-12-14-24-40(38)44(41-25-15-13-23-39(41)43)37-21-11-10-19-34(9-3)20-16-18-33(37)6/h7,10-30,32H,1,8-9H2,2-6H3/b11-10?,18-16?,19-10?,20-16?,21-11?,31-17-,33-18?,34-19?,34-20?,37-21?,37-33?,42-30+/t32-/m1/s1. The van der Waals surface area contributed by atoms with Crippen LogP contribution in [0.4, 0.5) is 0 Å². The van der Waals surface area contributed by atoms with Crippen molar-refractivity contribution in [3.05, 3.63) is 162 Å². The lowest BCUT2D eigenvalue weighted by atomic mass is 9.84. The van der Waals surface area contributed by atoms with Gasteiger partial charge >= 0.3 is 0 Å². The van der Waals surface area contributed by atoms with Gasteiger partial charge in [-0.05, 0) is 98.7 Å². The summed E-state index contributed by atoms with van der Waals surface area (Å²) in [5.41, 5.74) is 11.5. The second-order valence-electron chi connectivity index (χ2n) is 11.7. The van der Waals surface area contributed by atoms with Crippen molar-refractivity contribution >= 4 is 27.1 Å². The largest absolute Gasteiger partial charge is 0.0991 e. The molecule has 5 aromatic rings. The molecule has 220 valence electrons. The van der Waals surface area contributed by atoms with Crippen LogP contribution in [-0.2, 0) is 6.42 Å². The van der Waals surface area contributed by atoms with E-state index in [1.165, 1.54) is 71.6 Å². The van der Waals surface area contributed by atoms with Gasteiger partial charge in [0.25, 0.3) is 0 Å². The summed E-state index contributed by atoms with van der Waals surface area (Å²) in [5, 5.41) is 5.09. The Hall–Kier alpha value is -4.68. The summed E-state index contributed by atoms with van der Waals surface area (Å²) in [4.78, 5) is 0. The van der Waals surface area contributed by atoms with Gasteiger partial charge in [0.05, 0.1) is 0 Å². The van der Waals surface area contributed by atoms with Crippen molar-refractivity contribution in [3.8, 4) is 22.3 Å². The first-order chi connectivity index (χ1) is 21.5. The van der Waals surface area contributed by atoms with Gasteiger partial charge in [-0.25, -0.2) is 0 Å². The fourth-order valence-electron chi connectivity index (χ4n) is 6.21. The van der Waals surface area contributed by atoms with Crippen LogP contribution in [0.3, 0.4) is 0 Å². The van der Waals surface area contributed by atoms with Gasteiger partial charge in [-0.1, -0.05) is 166 Å². The summed E-state index contributed by atoms with van der Waals surface area (Å²) in [6, 6.07) is 42.5. The Labute approximate surface area is 264 Å². The minimum atomic E-state index is 0.463. The molecule has 0 radical (unpaired) electrons. The fourth-order valence-corrected chi connectivity index (χ4v) is 6.21. The van der Waals surface area contributed by atoms with E-state index in [1.807, 2.05) is 6.08 Å². The highest BCUT2D eigenvalue weighted by atomic mass is 14.2. The third kappa shape index (κ3) is 6.46. The predicted molar refractivity (Wildman–Crippen MR) is 195 cm³/mol. The molecule has 44 heavy (non-hydrogen) atoms. The van der Waals surface area contributed by atoms with Crippen molar-refractivity contribution in [2.24, 2.45) is 5.92 Å². The molecule has 0 aliphatic heterocycles. The lowest BCUT2D eigenvalue weighted by Gasteiger charge is -2.19. The van der Waals surface area contributed by atoms with E-state index >= 15 is 0 Å². The van der Waals surface area contributed by atoms with Gasteiger partial charge in [-0.15, -0.1) is 0 Å². The second kappa shape index (κ2) is 14.2. The quantitative estimate of drug-likeness (QED) is 0.128. The van der Waals surface area contributed by atoms with Crippen molar-refractivity contribution in [2.45, 2.75) is 47.5 Å². The van der Waals surface area contributed by atoms with Gasteiger partial charge < -0.3 is 0 Å². The summed E-state index contributed by atoms with van der Waals surface area (Å²) in [7, 11) is 0. The van der Waals surface area contributed by atoms with E-state index in [4.69, 9.17) is 0 Å². The van der Waals surface area contributed by atoms with Crippen molar-refractivity contribution in [3.63, 3.8) is 0 Å². The zero-order chi connectivity index (χ0) is 31.1. The van der Waals surface area contributed by atoms with Crippen LogP contribution < -0.4 is 0 Å². The fraction of sp³-hybridized carbons (Fsp3) is 0.182. The molecule has 0 heteroatoms. The number of allylic oxidation sites excluding steroid dienone is 5. The van der Waals surface area contributed by atoms with Crippen molar-refractivity contribution in [1.29, 1.82) is 0 Å². The maximum Gasteiger partial charge on any atom is -0.00237 e. The van der Waals surface area contributed by atoms with E-state index in [1.54, 1.807) is 0 Å². The molecule has 0 saturated carbocycles. The molecule has 5 rings (SSSR count). The first-order valence-corrected chi connectivity index (χ1v) is 15.9. The van der Waals surface area contributed by atoms with E-state index in [2.05, 4.69) is 169 Å². The van der Waals surface area contributed by atoms with Crippen molar-refractivity contribution < 1.29 is 0 Å². The third-order valence-corrected chi connectivity index (χ3v) is 8.79. The molecular formula is C44H44. The maximum absolute atomic E-state index is 3.88. The van der Waals surface area contributed by atoms with Gasteiger partial charge in [0.2, 0.25) is 0 Å². The number of aryl methyl sites for hydroxylation is 2. The van der Waals surface area contributed by atoms with Gasteiger partial charge in [0.1, 0.15) is 0 Å². The van der Waals surface area contributed by atoms with E-state index < -0.39 is 0 Å². The van der Waals surface area contributed by atoms with E-state index in [-0.39, 0.29) is 0 Å². The summed E-state index contributed by atoms with van der Waals surface area (Å²) >= 11 is 0. The molecule has 0 aliphatic rings. The lowest BCUT2D eigenvalue weighted by Crippen LogP contribution is -1.98. The van der Waals surface area contributed by atoms with Gasteiger partial charge in [-0.2, -0.15) is 0 Å². The Morgan fingerprint density at radius 2 is 1.23 bits per heavy atom. The average molecular weight is 573 g/mol. The minimum absolute atomic E-state index is 0.463. The first-order valence-electron chi connectivity index (χ1n) is 15.9. The monoisotopic (exact) mass is 572 g/mol. The SMILES string of the molecule is C=C/C=C(C)\C=C(\c1ccc(-c2c3ccccc3c(-c3ccccc(CC)cccc3C)c3ccccc23)cc1)[C@H](C)CC. The van der Waals surface area contributed by atoms with Crippen LogP contribution in [0.1, 0.15) is 50.8 Å². The van der Waals surface area contributed by atoms with Crippen LogP contribution in [0.5, 0.6) is 0 Å². The Bertz CT molecular complexity index is 1860. The minimum Gasteiger partial charge on any atom is -0.0991 e. The first kappa shape index (κ1) is 30.8. The molecule has 0 bridgehead atoms. The number of fused-ring (bicyclic) bond motifs is 2. The zero-order valence-corrected chi connectivity index (χ0v) is 26.9. The molecule has 0 aliphatic carbocycles. The van der Waals surface area contributed by atoms with E-state index in [0.29, 0.717) is 5.92 Å². The molecule has 0 saturated heterocycles. The van der Waals surface area contributed by atoms with Crippen molar-refractivity contribution in [1.82, 2.24) is 0 Å². The maximum atomic E-state index is 3.88. The summed E-state index contributed by atoms with van der Waals surface area (Å²) in [6.07, 6.45) is 8.37. The molecule has 0 heterocycles. The van der Waals surface area contributed by atoms with Crippen LogP contribution >= 0.6 is 0 Å². The third-order valence-electron chi connectivity index (χ3n) is 8.79. The lowest BCUT2D eigenvalue weighted by molar-refractivity contribution is 0.717. The van der Waals surface area contributed by atoms with Crippen molar-refractivity contribution in [2.75, 3.05) is 0 Å². The number of hydrogen-bond acceptors (Lipinski definition) is 0. The Kier molecular flexibility index (Phi) is 9.93. The number of benzene rings is 4. The Morgan fingerprint density at radius 1 is 0.682 bits per heavy atom. The van der Waals surface area contributed by atoms with Crippen LogP contribution in [0.25, 0.3) is 49.4 Å². The van der Waals surface area contributed by atoms with E-state index in [0.717, 1.165) is 12.8 Å². The summed E-state index contributed by atoms with van der Waals surface area (Å²) in [5.74, 6) is 0.463. The second-order valence-corrected chi connectivity index (χ2v) is 11.7. The van der Waals surface area contributed by atoms with Crippen LogP contribution in [0.15, 0.2) is 146 Å². The van der Waals surface area contributed by atoms with Crippen LogP contribution in [-0.4, -0.2) is 0 Å². The number of rotatable bonds is 8. The topological polar surface area (TPSA) is 0 Å². The Balaban J connectivity index is 1.76. The van der Waals surface area contributed by atoms with Crippen LogP contribution in [0.2, 0.25) is 0 Å². The molecule has 0 amide bonds. The molecule has 5 aromatic carbocycles. The molecule has 0 fully saturated rings. The smallest absolute Gasteiger partial charge is 0.00237 e. The normalized spacial score (nSPS) is 12.7.